The molecule has 2 aromatic carbocycles. The van der Waals surface area contributed by atoms with Crippen molar-refractivity contribution < 1.29 is 19.2 Å². The van der Waals surface area contributed by atoms with Crippen LogP contribution in [-0.4, -0.2) is 60.5 Å². The number of nitrogens with zero attached hydrogens (tertiary/aromatic N) is 3. The zero-order valence-corrected chi connectivity index (χ0v) is 18.6. The van der Waals surface area contributed by atoms with Crippen molar-refractivity contribution in [2.45, 2.75) is 12.8 Å². The Morgan fingerprint density at radius 2 is 1.53 bits per heavy atom. The minimum Gasteiger partial charge on any atom is -0.383 e. The van der Waals surface area contributed by atoms with Crippen LogP contribution in [0.25, 0.3) is 0 Å². The molecule has 2 aliphatic rings. The van der Waals surface area contributed by atoms with E-state index in [4.69, 9.17) is 11.6 Å². The molecule has 0 aliphatic carbocycles. The molecule has 8 heteroatoms. The van der Waals surface area contributed by atoms with E-state index in [-0.39, 0.29) is 43.0 Å². The zero-order valence-electron chi connectivity index (χ0n) is 17.8. The van der Waals surface area contributed by atoms with Crippen LogP contribution >= 0.6 is 11.6 Å². The third kappa shape index (κ3) is 3.91. The molecule has 0 saturated heterocycles. The molecule has 164 valence electrons. The largest absolute Gasteiger partial charge is 0.383 e. The highest BCUT2D eigenvalue weighted by Crippen LogP contribution is 2.32. The minimum atomic E-state index is -0.331. The lowest BCUT2D eigenvalue weighted by Crippen LogP contribution is -2.36. The molecule has 2 heterocycles. The van der Waals surface area contributed by atoms with Crippen LogP contribution in [0.15, 0.2) is 54.2 Å². The number of hydrogen-bond donors (Lipinski definition) is 0. The van der Waals surface area contributed by atoms with E-state index < -0.39 is 0 Å². The van der Waals surface area contributed by atoms with Crippen LogP contribution in [0.5, 0.6) is 0 Å². The molecule has 0 N–H and O–H groups in total. The first-order valence-corrected chi connectivity index (χ1v) is 10.6. The first kappa shape index (κ1) is 21.8. The Kier molecular flexibility index (Phi) is 5.84. The van der Waals surface area contributed by atoms with Gasteiger partial charge in [-0.05, 0) is 36.8 Å². The molecular weight excluding hydrogens is 430 g/mol. The molecule has 0 radical (unpaired) electrons. The Labute approximate surface area is 190 Å². The maximum atomic E-state index is 13.1. The molecule has 4 rings (SSSR count). The molecule has 2 aromatic rings. The molecule has 0 saturated carbocycles. The molecule has 0 atom stereocenters. The third-order valence-corrected chi connectivity index (χ3v) is 5.72. The highest BCUT2D eigenvalue weighted by molar-refractivity contribution is 6.31. The smallest absolute Gasteiger partial charge is 0.261 e. The summed E-state index contributed by atoms with van der Waals surface area (Å²) in [7, 11) is 3.58. The number of carbonyl (C=O) groups is 4. The topological polar surface area (TPSA) is 78.0 Å². The van der Waals surface area contributed by atoms with Crippen LogP contribution in [0.2, 0.25) is 5.02 Å². The van der Waals surface area contributed by atoms with Crippen LogP contribution in [0.3, 0.4) is 0 Å². The van der Waals surface area contributed by atoms with Gasteiger partial charge in [0.2, 0.25) is 5.91 Å². The van der Waals surface area contributed by atoms with E-state index in [2.05, 4.69) is 0 Å². The fraction of sp³-hybridized carbons (Fsp3) is 0.250. The number of imide groups is 1. The van der Waals surface area contributed by atoms with Gasteiger partial charge < -0.3 is 9.80 Å². The van der Waals surface area contributed by atoms with Crippen molar-refractivity contribution in [1.29, 1.82) is 0 Å². The lowest BCUT2D eigenvalue weighted by Gasteiger charge is -2.24. The molecule has 0 aromatic heterocycles. The van der Waals surface area contributed by atoms with E-state index in [1.54, 1.807) is 67.7 Å². The molecule has 0 fully saturated rings. The molecule has 7 nitrogen and oxygen atoms in total. The summed E-state index contributed by atoms with van der Waals surface area (Å²) in [5.41, 5.74) is 2.02. The first-order valence-electron chi connectivity index (χ1n) is 10.2. The van der Waals surface area contributed by atoms with Crippen molar-refractivity contribution in [2.24, 2.45) is 0 Å². The molecule has 3 amide bonds. The molecule has 32 heavy (non-hydrogen) atoms. The number of rotatable bonds is 5. The van der Waals surface area contributed by atoms with Gasteiger partial charge >= 0.3 is 0 Å². The number of ketones is 1. The van der Waals surface area contributed by atoms with Gasteiger partial charge in [0.15, 0.2) is 5.78 Å². The fourth-order valence-electron chi connectivity index (χ4n) is 4.06. The Morgan fingerprint density at radius 1 is 0.906 bits per heavy atom. The summed E-state index contributed by atoms with van der Waals surface area (Å²) in [6.07, 6.45) is 1.97. The van der Waals surface area contributed by atoms with Gasteiger partial charge in [-0.2, -0.15) is 0 Å². The Balaban J connectivity index is 1.56. The molecular formula is C24H22ClN3O4. The van der Waals surface area contributed by atoms with E-state index >= 15 is 0 Å². The van der Waals surface area contributed by atoms with Gasteiger partial charge in [-0.25, -0.2) is 0 Å². The van der Waals surface area contributed by atoms with Gasteiger partial charge in [0.25, 0.3) is 11.8 Å². The summed E-state index contributed by atoms with van der Waals surface area (Å²) in [4.78, 5) is 55.8. The number of hydrogen-bond acceptors (Lipinski definition) is 5. The SMILES string of the molecule is CN(C)/C=C1\CC(=O)N(CCCN2C(=O)c3ccccc3C2=O)c2cc(Cl)ccc2C1=O. The monoisotopic (exact) mass is 451 g/mol. The molecule has 0 bridgehead atoms. The van der Waals surface area contributed by atoms with Gasteiger partial charge in [0, 0.05) is 49.5 Å². The minimum absolute atomic E-state index is 0.0453. The van der Waals surface area contributed by atoms with Crippen LogP contribution in [0.1, 0.15) is 43.9 Å². The lowest BCUT2D eigenvalue weighted by molar-refractivity contribution is -0.117. The zero-order chi connectivity index (χ0) is 23.0. The number of carbonyl (C=O) groups excluding carboxylic acids is 4. The maximum absolute atomic E-state index is 13.1. The van der Waals surface area contributed by atoms with Crippen molar-refractivity contribution in [3.8, 4) is 0 Å². The second-order valence-corrected chi connectivity index (χ2v) is 8.43. The van der Waals surface area contributed by atoms with Crippen molar-refractivity contribution in [3.05, 3.63) is 76.0 Å². The van der Waals surface area contributed by atoms with Crippen LogP contribution < -0.4 is 4.90 Å². The summed E-state index contributed by atoms with van der Waals surface area (Å²) in [5, 5.41) is 0.412. The van der Waals surface area contributed by atoms with E-state index in [9.17, 15) is 19.2 Å². The molecule has 0 spiro atoms. The van der Waals surface area contributed by atoms with Gasteiger partial charge in [-0.15, -0.1) is 0 Å². The van der Waals surface area contributed by atoms with Gasteiger partial charge in [-0.1, -0.05) is 23.7 Å². The molecule has 0 unspecified atom stereocenters. The van der Waals surface area contributed by atoms with Crippen LogP contribution in [-0.2, 0) is 4.79 Å². The predicted molar refractivity (Wildman–Crippen MR) is 121 cm³/mol. The quantitative estimate of drug-likeness (QED) is 0.514. The molecule has 2 aliphatic heterocycles. The number of amides is 3. The van der Waals surface area contributed by atoms with E-state index in [1.807, 2.05) is 0 Å². The number of fused-ring (bicyclic) bond motifs is 2. The van der Waals surface area contributed by atoms with Crippen molar-refractivity contribution in [1.82, 2.24) is 9.80 Å². The van der Waals surface area contributed by atoms with Gasteiger partial charge in [0.05, 0.1) is 23.2 Å². The van der Waals surface area contributed by atoms with Crippen molar-refractivity contribution in [3.63, 3.8) is 0 Å². The third-order valence-electron chi connectivity index (χ3n) is 5.49. The second kappa shape index (κ2) is 8.59. The lowest BCUT2D eigenvalue weighted by atomic mass is 10.0. The van der Waals surface area contributed by atoms with E-state index in [0.717, 1.165) is 0 Å². The summed E-state index contributed by atoms with van der Waals surface area (Å²) in [6.45, 7) is 0.405. The Hall–Kier alpha value is -3.45. The summed E-state index contributed by atoms with van der Waals surface area (Å²) >= 11 is 6.17. The van der Waals surface area contributed by atoms with Crippen molar-refractivity contribution >= 4 is 40.8 Å². The summed E-state index contributed by atoms with van der Waals surface area (Å²) < 4.78 is 0. The number of benzene rings is 2. The van der Waals surface area contributed by atoms with Crippen molar-refractivity contribution in [2.75, 3.05) is 32.1 Å². The van der Waals surface area contributed by atoms with Crippen LogP contribution in [0, 0.1) is 0 Å². The summed E-state index contributed by atoms with van der Waals surface area (Å²) in [6, 6.07) is 11.6. The average Bonchev–Trinajstić information content (AvgIpc) is 2.95. The second-order valence-electron chi connectivity index (χ2n) is 7.99. The highest BCUT2D eigenvalue weighted by atomic mass is 35.5. The van der Waals surface area contributed by atoms with E-state index in [0.29, 0.717) is 39.4 Å². The van der Waals surface area contributed by atoms with Gasteiger partial charge in [0.1, 0.15) is 0 Å². The van der Waals surface area contributed by atoms with E-state index in [1.165, 1.54) is 9.80 Å². The number of anilines is 1. The Bertz CT molecular complexity index is 1140. The maximum Gasteiger partial charge on any atom is 0.261 e. The standard InChI is InChI=1S/C24H22ClN3O4/c1-26(2)14-15-12-21(29)27(20-13-16(25)8-9-19(20)22(15)30)10-5-11-28-23(31)17-6-3-4-7-18(17)24(28)32/h3-4,6-9,13-14H,5,10-12H2,1-2H3/b15-14+. The average molecular weight is 452 g/mol. The Morgan fingerprint density at radius 3 is 2.16 bits per heavy atom. The fourth-order valence-corrected chi connectivity index (χ4v) is 4.22. The number of halogens is 1. The first-order chi connectivity index (χ1) is 15.3. The van der Waals surface area contributed by atoms with Crippen LogP contribution in [0.4, 0.5) is 5.69 Å². The number of Topliss-reactive ketones (excluding diaryl/α,β-unsaturated/α-hetero) is 1. The van der Waals surface area contributed by atoms with Gasteiger partial charge in [-0.3, -0.25) is 24.1 Å². The summed E-state index contributed by atoms with van der Waals surface area (Å²) in [5.74, 6) is -1.12. The highest BCUT2D eigenvalue weighted by Gasteiger charge is 2.35. The predicted octanol–water partition coefficient (Wildman–Crippen LogP) is 3.39. The normalized spacial score (nSPS) is 17.0.